The summed E-state index contributed by atoms with van der Waals surface area (Å²) in [6.07, 6.45) is 4.51. The summed E-state index contributed by atoms with van der Waals surface area (Å²) in [4.78, 5) is 33.0. The summed E-state index contributed by atoms with van der Waals surface area (Å²) < 4.78 is 1.67. The third-order valence-corrected chi connectivity index (χ3v) is 6.77. The van der Waals surface area contributed by atoms with E-state index < -0.39 is 0 Å². The first kappa shape index (κ1) is 20.7. The molecule has 4 rings (SSSR count). The highest BCUT2D eigenvalue weighted by Crippen LogP contribution is 2.25. The largest absolute Gasteiger partial charge is 0.342 e. The van der Waals surface area contributed by atoms with Crippen molar-refractivity contribution in [1.82, 2.24) is 14.5 Å². The van der Waals surface area contributed by atoms with Crippen molar-refractivity contribution in [2.45, 2.75) is 44.7 Å². The average Bonchev–Trinajstić information content (AvgIpc) is 3.04. The van der Waals surface area contributed by atoms with Crippen molar-refractivity contribution in [2.24, 2.45) is 0 Å². The van der Waals surface area contributed by atoms with Gasteiger partial charge in [0.15, 0.2) is 5.16 Å². The van der Waals surface area contributed by atoms with E-state index in [1.807, 2.05) is 61.2 Å². The number of aryl methyl sites for hydroxylation is 1. The van der Waals surface area contributed by atoms with Crippen LogP contribution in [0.5, 0.6) is 0 Å². The van der Waals surface area contributed by atoms with Crippen LogP contribution in [0, 0.1) is 13.8 Å². The minimum Gasteiger partial charge on any atom is -0.342 e. The molecule has 6 heteroatoms. The quantitative estimate of drug-likeness (QED) is 0.460. The molecule has 1 amide bonds. The van der Waals surface area contributed by atoms with E-state index in [1.165, 1.54) is 24.6 Å². The number of thioether (sulfide) groups is 1. The van der Waals surface area contributed by atoms with Crippen molar-refractivity contribution in [3.63, 3.8) is 0 Å². The highest BCUT2D eigenvalue weighted by atomic mass is 32.2. The van der Waals surface area contributed by atoms with Crippen LogP contribution in [0.4, 0.5) is 0 Å². The normalized spacial score (nSPS) is 14.7. The summed E-state index contributed by atoms with van der Waals surface area (Å²) in [5, 5.41) is 1.15. The third kappa shape index (κ3) is 4.15. The molecule has 0 spiro atoms. The zero-order chi connectivity index (χ0) is 21.1. The van der Waals surface area contributed by atoms with Crippen LogP contribution >= 0.6 is 11.8 Å². The molecule has 156 valence electrons. The Morgan fingerprint density at radius 2 is 1.73 bits per heavy atom. The molecule has 0 bridgehead atoms. The lowest BCUT2D eigenvalue weighted by molar-refractivity contribution is -0.128. The Balaban J connectivity index is 1.73. The Morgan fingerprint density at radius 1 is 1.00 bits per heavy atom. The lowest BCUT2D eigenvalue weighted by Crippen LogP contribution is -2.33. The van der Waals surface area contributed by atoms with Gasteiger partial charge in [0.05, 0.1) is 22.3 Å². The first-order valence-electron chi connectivity index (χ1n) is 10.6. The second-order valence-corrected chi connectivity index (χ2v) is 8.80. The van der Waals surface area contributed by atoms with Crippen LogP contribution in [-0.4, -0.2) is 39.2 Å². The molecule has 1 saturated heterocycles. The van der Waals surface area contributed by atoms with E-state index in [1.54, 1.807) is 4.57 Å². The molecule has 0 atom stereocenters. The third-order valence-electron chi connectivity index (χ3n) is 5.85. The molecule has 1 aliphatic rings. The zero-order valence-electron chi connectivity index (χ0n) is 17.6. The molecule has 0 aliphatic carbocycles. The van der Waals surface area contributed by atoms with Crippen molar-refractivity contribution < 1.29 is 4.79 Å². The van der Waals surface area contributed by atoms with Crippen LogP contribution in [0.2, 0.25) is 0 Å². The number of aromatic nitrogens is 2. The molecule has 2 aromatic carbocycles. The van der Waals surface area contributed by atoms with Crippen molar-refractivity contribution >= 4 is 28.6 Å². The summed E-state index contributed by atoms with van der Waals surface area (Å²) in [7, 11) is 0. The van der Waals surface area contributed by atoms with Gasteiger partial charge in [0.25, 0.3) is 5.56 Å². The van der Waals surface area contributed by atoms with Gasteiger partial charge in [-0.2, -0.15) is 0 Å². The van der Waals surface area contributed by atoms with Gasteiger partial charge in [-0.05, 0) is 56.0 Å². The van der Waals surface area contributed by atoms with E-state index in [-0.39, 0.29) is 17.2 Å². The number of likely N-dealkylation sites (tertiary alicyclic amines) is 1. The number of carbonyl (C=O) groups excluding carboxylic acids is 1. The first-order valence-corrected chi connectivity index (χ1v) is 11.5. The lowest BCUT2D eigenvalue weighted by atomic mass is 10.1. The zero-order valence-corrected chi connectivity index (χ0v) is 18.4. The van der Waals surface area contributed by atoms with Gasteiger partial charge in [0.2, 0.25) is 5.91 Å². The van der Waals surface area contributed by atoms with Crippen molar-refractivity contribution in [3.05, 3.63) is 63.9 Å². The molecule has 1 fully saturated rings. The number of carbonyl (C=O) groups is 1. The van der Waals surface area contributed by atoms with Gasteiger partial charge in [-0.1, -0.05) is 48.9 Å². The van der Waals surface area contributed by atoms with E-state index in [9.17, 15) is 9.59 Å². The molecule has 2 heterocycles. The highest BCUT2D eigenvalue weighted by Gasteiger charge is 2.19. The van der Waals surface area contributed by atoms with E-state index >= 15 is 0 Å². The maximum Gasteiger partial charge on any atom is 0.266 e. The SMILES string of the molecule is Cc1cccc(-n2c(SCC(=O)N3CCCCCC3)nc3ccccc3c2=O)c1C. The number of benzene rings is 2. The summed E-state index contributed by atoms with van der Waals surface area (Å²) >= 11 is 1.35. The number of amides is 1. The molecule has 5 nitrogen and oxygen atoms in total. The number of fused-ring (bicyclic) bond motifs is 1. The Kier molecular flexibility index (Phi) is 6.23. The molecule has 1 aliphatic heterocycles. The highest BCUT2D eigenvalue weighted by molar-refractivity contribution is 7.99. The van der Waals surface area contributed by atoms with Gasteiger partial charge < -0.3 is 4.90 Å². The number of rotatable bonds is 4. The van der Waals surface area contributed by atoms with Gasteiger partial charge in [-0.25, -0.2) is 4.98 Å². The maximum atomic E-state index is 13.4. The van der Waals surface area contributed by atoms with E-state index in [0.29, 0.717) is 16.1 Å². The van der Waals surface area contributed by atoms with E-state index in [4.69, 9.17) is 4.98 Å². The predicted molar refractivity (Wildman–Crippen MR) is 123 cm³/mol. The van der Waals surface area contributed by atoms with Gasteiger partial charge >= 0.3 is 0 Å². The van der Waals surface area contributed by atoms with E-state index in [2.05, 4.69) is 0 Å². The maximum absolute atomic E-state index is 13.4. The molecule has 0 unspecified atom stereocenters. The molecular formula is C24H27N3O2S. The van der Waals surface area contributed by atoms with Gasteiger partial charge in [0, 0.05) is 13.1 Å². The fourth-order valence-corrected chi connectivity index (χ4v) is 4.85. The standard InChI is InChI=1S/C24H27N3O2S/c1-17-10-9-13-21(18(17)2)27-23(29)19-11-5-6-12-20(19)25-24(27)30-16-22(28)26-14-7-3-4-8-15-26/h5-6,9-13H,3-4,7-8,14-16H2,1-2H3. The summed E-state index contributed by atoms with van der Waals surface area (Å²) in [5.41, 5.74) is 3.54. The second-order valence-electron chi connectivity index (χ2n) is 7.85. The van der Waals surface area contributed by atoms with Gasteiger partial charge in [0.1, 0.15) is 0 Å². The topological polar surface area (TPSA) is 55.2 Å². The predicted octanol–water partition coefficient (Wildman–Crippen LogP) is 4.50. The summed E-state index contributed by atoms with van der Waals surface area (Å²) in [6, 6.07) is 13.3. The van der Waals surface area contributed by atoms with Crippen LogP contribution in [0.15, 0.2) is 52.4 Å². The van der Waals surface area contributed by atoms with Crippen LogP contribution in [-0.2, 0) is 4.79 Å². The summed E-state index contributed by atoms with van der Waals surface area (Å²) in [6.45, 7) is 5.71. The Hall–Kier alpha value is -2.60. The Bertz CT molecular complexity index is 1130. The first-order chi connectivity index (χ1) is 14.6. The number of hydrogen-bond donors (Lipinski definition) is 0. The Morgan fingerprint density at radius 3 is 2.50 bits per heavy atom. The fraction of sp³-hybridized carbons (Fsp3) is 0.375. The molecule has 3 aromatic rings. The molecule has 1 aromatic heterocycles. The number of nitrogens with zero attached hydrogens (tertiary/aromatic N) is 3. The number of hydrogen-bond acceptors (Lipinski definition) is 4. The minimum absolute atomic E-state index is 0.0981. The van der Waals surface area contributed by atoms with Gasteiger partial charge in [-0.15, -0.1) is 0 Å². The van der Waals surface area contributed by atoms with Crippen LogP contribution in [0.3, 0.4) is 0 Å². The minimum atomic E-state index is -0.0981. The van der Waals surface area contributed by atoms with Crippen molar-refractivity contribution in [1.29, 1.82) is 0 Å². The van der Waals surface area contributed by atoms with Crippen LogP contribution in [0.1, 0.15) is 36.8 Å². The molecular weight excluding hydrogens is 394 g/mol. The average molecular weight is 422 g/mol. The van der Waals surface area contributed by atoms with Crippen LogP contribution < -0.4 is 5.56 Å². The van der Waals surface area contributed by atoms with Crippen molar-refractivity contribution in [2.75, 3.05) is 18.8 Å². The molecule has 0 radical (unpaired) electrons. The van der Waals surface area contributed by atoms with Crippen LogP contribution in [0.25, 0.3) is 16.6 Å². The fourth-order valence-electron chi connectivity index (χ4n) is 3.94. The molecule has 0 saturated carbocycles. The van der Waals surface area contributed by atoms with Crippen molar-refractivity contribution in [3.8, 4) is 5.69 Å². The summed E-state index contributed by atoms with van der Waals surface area (Å²) in [5.74, 6) is 0.409. The number of para-hydroxylation sites is 1. The lowest BCUT2D eigenvalue weighted by Gasteiger charge is -2.21. The van der Waals surface area contributed by atoms with E-state index in [0.717, 1.165) is 42.7 Å². The smallest absolute Gasteiger partial charge is 0.266 e. The second kappa shape index (κ2) is 9.04. The molecule has 0 N–H and O–H groups in total. The Labute approximate surface area is 181 Å². The monoisotopic (exact) mass is 421 g/mol. The molecule has 30 heavy (non-hydrogen) atoms. The van der Waals surface area contributed by atoms with Gasteiger partial charge in [-0.3, -0.25) is 14.2 Å².